The van der Waals surface area contributed by atoms with Gasteiger partial charge in [-0.15, -0.1) is 0 Å². The topological polar surface area (TPSA) is 50.2 Å². The van der Waals surface area contributed by atoms with Crippen molar-refractivity contribution < 1.29 is 9.53 Å². The quantitative estimate of drug-likeness (QED) is 0.385. The molecule has 0 aliphatic carbocycles. The van der Waals surface area contributed by atoms with Crippen LogP contribution in [0.2, 0.25) is 0 Å². The molecule has 0 aromatic heterocycles. The number of ether oxygens (including phenoxy) is 1. The molecule has 0 aliphatic heterocycles. The fourth-order valence-corrected chi connectivity index (χ4v) is 0.268. The third-order valence-electron chi connectivity index (χ3n) is 0.675. The predicted octanol–water partition coefficient (Wildman–Crippen LogP) is 1.78. The van der Waals surface area contributed by atoms with Gasteiger partial charge in [-0.3, -0.25) is 0 Å². The average molecular weight is 157 g/mol. The van der Waals surface area contributed by atoms with Crippen LogP contribution in [0.3, 0.4) is 0 Å². The Kier molecular flexibility index (Phi) is 13.3. The van der Waals surface area contributed by atoms with Crippen LogP contribution in [-0.2, 0) is 9.53 Å². The van der Waals surface area contributed by atoms with E-state index in [0.717, 1.165) is 0 Å². The lowest BCUT2D eigenvalue weighted by Crippen LogP contribution is -2.03. The van der Waals surface area contributed by atoms with Gasteiger partial charge < -0.3 is 10.1 Å². The first-order chi connectivity index (χ1) is 5.31. The molecule has 0 heterocycles. The molecule has 0 saturated heterocycles. The maximum absolute atomic E-state index is 10.2. The average Bonchev–Trinajstić information content (AvgIpc) is 2.08. The number of carbonyl (C=O) groups is 1. The molecular formula is C8H15NO2. The second kappa shape index (κ2) is 11.6. The number of hydrogen-bond donors (Lipinski definition) is 1. The summed E-state index contributed by atoms with van der Waals surface area (Å²) in [6, 6.07) is 0. The third-order valence-corrected chi connectivity index (χ3v) is 0.675. The van der Waals surface area contributed by atoms with Crippen molar-refractivity contribution in [2.24, 2.45) is 0 Å². The molecular weight excluding hydrogens is 142 g/mol. The van der Waals surface area contributed by atoms with Gasteiger partial charge in [0.15, 0.2) is 0 Å². The van der Waals surface area contributed by atoms with Crippen LogP contribution in [-0.4, -0.2) is 18.8 Å². The Balaban J connectivity index is 0. The normalized spacial score (nSPS) is 8.27. The molecule has 0 unspecified atom stereocenters. The van der Waals surface area contributed by atoms with E-state index >= 15 is 0 Å². The summed E-state index contributed by atoms with van der Waals surface area (Å²) in [4.78, 5) is 10.2. The van der Waals surface area contributed by atoms with Crippen LogP contribution in [0.1, 0.15) is 20.8 Å². The molecule has 0 spiro atoms. The molecule has 11 heavy (non-hydrogen) atoms. The number of allylic oxidation sites excluding steroid dienone is 1. The number of carbonyl (C=O) groups excluding carboxylic acids is 1. The predicted molar refractivity (Wildman–Crippen MR) is 45.9 cm³/mol. The molecule has 0 fully saturated rings. The van der Waals surface area contributed by atoms with Crippen molar-refractivity contribution in [3.63, 3.8) is 0 Å². The summed E-state index contributed by atoms with van der Waals surface area (Å²) in [5.41, 5.74) is 0. The Hall–Kier alpha value is -1.12. The Morgan fingerprint density at radius 2 is 2.09 bits per heavy atom. The highest BCUT2D eigenvalue weighted by atomic mass is 16.5. The number of esters is 1. The highest BCUT2D eigenvalue weighted by Gasteiger charge is 1.90. The van der Waals surface area contributed by atoms with Gasteiger partial charge in [-0.1, -0.05) is 26.0 Å². The lowest BCUT2D eigenvalue weighted by molar-refractivity contribution is -0.133. The zero-order chi connectivity index (χ0) is 9.11. The van der Waals surface area contributed by atoms with Gasteiger partial charge in [0.1, 0.15) is 12.8 Å². The zero-order valence-electron chi connectivity index (χ0n) is 7.26. The molecule has 0 saturated carbocycles. The Labute approximate surface area is 67.6 Å². The van der Waals surface area contributed by atoms with Gasteiger partial charge in [0.25, 0.3) is 0 Å². The van der Waals surface area contributed by atoms with E-state index in [1.807, 2.05) is 20.8 Å². The van der Waals surface area contributed by atoms with E-state index in [4.69, 9.17) is 5.41 Å². The monoisotopic (exact) mass is 157 g/mol. The summed E-state index contributed by atoms with van der Waals surface area (Å²) in [5.74, 6) is -0.604. The molecule has 0 atom stereocenters. The lowest BCUT2D eigenvalue weighted by Gasteiger charge is -1.92. The number of hydrogen-bond acceptors (Lipinski definition) is 3. The lowest BCUT2D eigenvalue weighted by atomic mass is 10.5. The maximum atomic E-state index is 10.2. The van der Waals surface area contributed by atoms with Crippen molar-refractivity contribution in [1.82, 2.24) is 0 Å². The highest BCUT2D eigenvalue weighted by molar-refractivity contribution is 6.21. The van der Waals surface area contributed by atoms with Crippen molar-refractivity contribution in [2.75, 3.05) is 6.61 Å². The number of rotatable bonds is 3. The molecule has 0 aromatic rings. The minimum atomic E-state index is -0.604. The molecule has 0 radical (unpaired) electrons. The largest absolute Gasteiger partial charge is 0.457 e. The maximum Gasteiger partial charge on any atom is 0.348 e. The third kappa shape index (κ3) is 12.2. The van der Waals surface area contributed by atoms with Gasteiger partial charge in [0.2, 0.25) is 0 Å². The second-order valence-corrected chi connectivity index (χ2v) is 1.34. The SMILES string of the molecule is C/C=C\COC(=O)C=N.CC. The van der Waals surface area contributed by atoms with Crippen LogP contribution in [0.15, 0.2) is 12.2 Å². The summed E-state index contributed by atoms with van der Waals surface area (Å²) in [6.45, 7) is 6.09. The molecule has 3 nitrogen and oxygen atoms in total. The minimum absolute atomic E-state index is 0.255. The molecule has 3 heteroatoms. The fraction of sp³-hybridized carbons (Fsp3) is 0.500. The standard InChI is InChI=1S/C6H9NO2.C2H6/c1-2-3-4-9-6(8)5-7;1-2/h2-3,5,7H,4H2,1H3;1-2H3/b3-2-,7-5?;. The first-order valence-electron chi connectivity index (χ1n) is 3.59. The molecule has 0 aromatic carbocycles. The minimum Gasteiger partial charge on any atom is -0.457 e. The summed E-state index contributed by atoms with van der Waals surface area (Å²) < 4.78 is 4.46. The van der Waals surface area contributed by atoms with E-state index in [-0.39, 0.29) is 6.61 Å². The fourth-order valence-electron chi connectivity index (χ4n) is 0.268. The Morgan fingerprint density at radius 1 is 1.55 bits per heavy atom. The van der Waals surface area contributed by atoms with Crippen LogP contribution in [0.25, 0.3) is 0 Å². The van der Waals surface area contributed by atoms with E-state index in [1.165, 1.54) is 0 Å². The van der Waals surface area contributed by atoms with Crippen LogP contribution < -0.4 is 0 Å². The van der Waals surface area contributed by atoms with Crippen LogP contribution in [0.5, 0.6) is 0 Å². The summed E-state index contributed by atoms with van der Waals surface area (Å²) in [5, 5.41) is 6.42. The zero-order valence-corrected chi connectivity index (χ0v) is 7.26. The molecule has 0 rings (SSSR count). The van der Waals surface area contributed by atoms with Crippen LogP contribution in [0.4, 0.5) is 0 Å². The van der Waals surface area contributed by atoms with Gasteiger partial charge in [-0.25, -0.2) is 4.79 Å². The van der Waals surface area contributed by atoms with Crippen molar-refractivity contribution in [3.05, 3.63) is 12.2 Å². The van der Waals surface area contributed by atoms with Gasteiger partial charge >= 0.3 is 5.97 Å². The second-order valence-electron chi connectivity index (χ2n) is 1.34. The number of nitrogens with one attached hydrogen (secondary N) is 1. The Morgan fingerprint density at radius 3 is 2.45 bits per heavy atom. The summed E-state index contributed by atoms with van der Waals surface area (Å²) in [7, 11) is 0. The highest BCUT2D eigenvalue weighted by Crippen LogP contribution is 1.75. The summed E-state index contributed by atoms with van der Waals surface area (Å²) >= 11 is 0. The van der Waals surface area contributed by atoms with E-state index in [2.05, 4.69) is 4.74 Å². The van der Waals surface area contributed by atoms with Gasteiger partial charge in [-0.05, 0) is 6.92 Å². The first kappa shape index (κ1) is 12.5. The van der Waals surface area contributed by atoms with Crippen molar-refractivity contribution in [2.45, 2.75) is 20.8 Å². The smallest absolute Gasteiger partial charge is 0.348 e. The molecule has 64 valence electrons. The molecule has 0 bridgehead atoms. The summed E-state index contributed by atoms with van der Waals surface area (Å²) in [6.07, 6.45) is 4.11. The van der Waals surface area contributed by atoms with Crippen molar-refractivity contribution in [1.29, 1.82) is 5.41 Å². The van der Waals surface area contributed by atoms with E-state index in [9.17, 15) is 4.79 Å². The molecule has 0 aliphatic rings. The molecule has 0 amide bonds. The Bertz CT molecular complexity index is 130. The van der Waals surface area contributed by atoms with Gasteiger partial charge in [0.05, 0.1) is 0 Å². The van der Waals surface area contributed by atoms with Crippen molar-refractivity contribution in [3.8, 4) is 0 Å². The van der Waals surface area contributed by atoms with Gasteiger partial charge in [-0.2, -0.15) is 0 Å². The van der Waals surface area contributed by atoms with E-state index < -0.39 is 5.97 Å². The first-order valence-corrected chi connectivity index (χ1v) is 3.59. The van der Waals surface area contributed by atoms with Crippen LogP contribution in [0, 0.1) is 5.41 Å². The van der Waals surface area contributed by atoms with E-state index in [1.54, 1.807) is 12.2 Å². The van der Waals surface area contributed by atoms with Crippen molar-refractivity contribution >= 4 is 12.2 Å². The van der Waals surface area contributed by atoms with Gasteiger partial charge in [0, 0.05) is 0 Å². The van der Waals surface area contributed by atoms with E-state index in [0.29, 0.717) is 6.21 Å². The van der Waals surface area contributed by atoms with Crippen LogP contribution >= 0.6 is 0 Å². The molecule has 1 N–H and O–H groups in total.